The molecule has 1 aromatic carbocycles. The molecule has 0 bridgehead atoms. The lowest BCUT2D eigenvalue weighted by atomic mass is 10.1. The van der Waals surface area contributed by atoms with Crippen LogP contribution < -0.4 is 5.56 Å². The normalized spacial score (nSPS) is 10.6. The van der Waals surface area contributed by atoms with Gasteiger partial charge in [-0.25, -0.2) is 0 Å². The topological polar surface area (TPSA) is 59.3 Å². The van der Waals surface area contributed by atoms with Gasteiger partial charge in [-0.05, 0) is 23.9 Å². The van der Waals surface area contributed by atoms with Crippen LogP contribution in [0.3, 0.4) is 0 Å². The Kier molecular flexibility index (Phi) is 2.48. The Morgan fingerprint density at radius 1 is 1.31 bits per heavy atom. The fourth-order valence-corrected chi connectivity index (χ4v) is 1.79. The minimum atomic E-state index is -1.02. The standard InChI is InChI=1S/C12H11NO3/c1-8-6-13(7-11(14)15)12(16)10-5-3-2-4-9(8)10/h2-6H,7H2,1H3,(H,14,15). The molecule has 0 unspecified atom stereocenters. The molecule has 0 amide bonds. The third kappa shape index (κ3) is 1.69. The van der Waals surface area contributed by atoms with Gasteiger partial charge in [0.2, 0.25) is 0 Å². The van der Waals surface area contributed by atoms with Crippen LogP contribution in [0.5, 0.6) is 0 Å². The van der Waals surface area contributed by atoms with Crippen LogP contribution in [0.2, 0.25) is 0 Å². The van der Waals surface area contributed by atoms with E-state index in [9.17, 15) is 9.59 Å². The third-order valence-electron chi connectivity index (χ3n) is 2.50. The van der Waals surface area contributed by atoms with Crippen molar-refractivity contribution in [2.45, 2.75) is 13.5 Å². The summed E-state index contributed by atoms with van der Waals surface area (Å²) < 4.78 is 1.22. The van der Waals surface area contributed by atoms with E-state index in [4.69, 9.17) is 5.11 Å². The van der Waals surface area contributed by atoms with Crippen LogP contribution in [-0.4, -0.2) is 15.6 Å². The van der Waals surface area contributed by atoms with Crippen molar-refractivity contribution >= 4 is 16.7 Å². The molecule has 0 aliphatic carbocycles. The zero-order valence-corrected chi connectivity index (χ0v) is 8.80. The molecule has 2 rings (SSSR count). The van der Waals surface area contributed by atoms with E-state index < -0.39 is 5.97 Å². The van der Waals surface area contributed by atoms with Gasteiger partial charge >= 0.3 is 5.97 Å². The quantitative estimate of drug-likeness (QED) is 0.827. The summed E-state index contributed by atoms with van der Waals surface area (Å²) in [6, 6.07) is 7.20. The molecule has 4 heteroatoms. The minimum absolute atomic E-state index is 0.261. The summed E-state index contributed by atoms with van der Waals surface area (Å²) in [6.07, 6.45) is 1.58. The van der Waals surface area contributed by atoms with Gasteiger partial charge in [-0.1, -0.05) is 18.2 Å². The maximum atomic E-state index is 11.9. The molecule has 0 spiro atoms. The van der Waals surface area contributed by atoms with Crippen LogP contribution in [-0.2, 0) is 11.3 Å². The van der Waals surface area contributed by atoms with E-state index in [2.05, 4.69) is 0 Å². The maximum Gasteiger partial charge on any atom is 0.323 e. The van der Waals surface area contributed by atoms with E-state index in [0.717, 1.165) is 10.9 Å². The summed E-state index contributed by atoms with van der Waals surface area (Å²) in [5.74, 6) is -1.02. The lowest BCUT2D eigenvalue weighted by molar-refractivity contribution is -0.137. The Hall–Kier alpha value is -2.10. The number of hydrogen-bond acceptors (Lipinski definition) is 2. The molecular weight excluding hydrogens is 206 g/mol. The second-order valence-electron chi connectivity index (χ2n) is 3.68. The number of hydrogen-bond donors (Lipinski definition) is 1. The molecule has 4 nitrogen and oxygen atoms in total. The smallest absolute Gasteiger partial charge is 0.323 e. The first-order valence-electron chi connectivity index (χ1n) is 4.90. The van der Waals surface area contributed by atoms with Crippen molar-refractivity contribution in [3.63, 3.8) is 0 Å². The van der Waals surface area contributed by atoms with E-state index in [1.807, 2.05) is 19.1 Å². The van der Waals surface area contributed by atoms with E-state index >= 15 is 0 Å². The maximum absolute atomic E-state index is 11.9. The largest absolute Gasteiger partial charge is 0.480 e. The van der Waals surface area contributed by atoms with Crippen LogP contribution in [0.4, 0.5) is 0 Å². The van der Waals surface area contributed by atoms with Gasteiger partial charge in [0.15, 0.2) is 0 Å². The van der Waals surface area contributed by atoms with Crippen molar-refractivity contribution in [2.75, 3.05) is 0 Å². The number of aryl methyl sites for hydroxylation is 1. The van der Waals surface area contributed by atoms with Crippen molar-refractivity contribution in [1.29, 1.82) is 0 Å². The molecule has 0 fully saturated rings. The first kappa shape index (κ1) is 10.4. The molecule has 82 valence electrons. The lowest BCUT2D eigenvalue weighted by Crippen LogP contribution is -2.24. The number of aromatic nitrogens is 1. The molecule has 1 N–H and O–H groups in total. The molecule has 1 heterocycles. The molecule has 1 aromatic heterocycles. The third-order valence-corrected chi connectivity index (χ3v) is 2.50. The lowest BCUT2D eigenvalue weighted by Gasteiger charge is -2.07. The van der Waals surface area contributed by atoms with Gasteiger partial charge in [-0.3, -0.25) is 9.59 Å². The Labute approximate surface area is 91.8 Å². The first-order valence-corrected chi connectivity index (χ1v) is 4.90. The number of pyridine rings is 1. The molecule has 0 saturated heterocycles. The summed E-state index contributed by atoms with van der Waals surface area (Å²) in [5.41, 5.74) is 0.639. The Bertz CT molecular complexity index is 613. The summed E-state index contributed by atoms with van der Waals surface area (Å²) in [7, 11) is 0. The monoisotopic (exact) mass is 217 g/mol. The van der Waals surface area contributed by atoms with Gasteiger partial charge in [0, 0.05) is 11.6 Å². The molecule has 0 saturated carbocycles. The highest BCUT2D eigenvalue weighted by atomic mass is 16.4. The SMILES string of the molecule is Cc1cn(CC(=O)O)c(=O)c2ccccc12. The Morgan fingerprint density at radius 2 is 1.94 bits per heavy atom. The summed E-state index contributed by atoms with van der Waals surface area (Å²) >= 11 is 0. The highest BCUT2D eigenvalue weighted by molar-refractivity contribution is 5.84. The second-order valence-corrected chi connectivity index (χ2v) is 3.68. The number of carboxylic acid groups (broad SMARTS) is 1. The molecule has 0 atom stereocenters. The van der Waals surface area contributed by atoms with Crippen molar-refractivity contribution in [3.05, 3.63) is 46.4 Å². The van der Waals surface area contributed by atoms with Crippen LogP contribution in [0.1, 0.15) is 5.56 Å². The zero-order valence-electron chi connectivity index (χ0n) is 8.80. The number of carboxylic acids is 1. The average molecular weight is 217 g/mol. The van der Waals surface area contributed by atoms with Gasteiger partial charge in [-0.15, -0.1) is 0 Å². The predicted octanol–water partition coefficient (Wildman–Crippen LogP) is 1.39. The Morgan fingerprint density at radius 3 is 2.56 bits per heavy atom. The number of benzene rings is 1. The van der Waals surface area contributed by atoms with E-state index in [1.165, 1.54) is 4.57 Å². The average Bonchev–Trinajstić information content (AvgIpc) is 2.25. The highest BCUT2D eigenvalue weighted by Gasteiger charge is 2.07. The number of fused-ring (bicyclic) bond motifs is 1. The van der Waals surface area contributed by atoms with Gasteiger partial charge in [0.1, 0.15) is 6.54 Å². The number of nitrogens with zero attached hydrogens (tertiary/aromatic N) is 1. The summed E-state index contributed by atoms with van der Waals surface area (Å²) in [4.78, 5) is 22.5. The van der Waals surface area contributed by atoms with Crippen LogP contribution in [0.25, 0.3) is 10.8 Å². The fraction of sp³-hybridized carbons (Fsp3) is 0.167. The minimum Gasteiger partial charge on any atom is -0.480 e. The van der Waals surface area contributed by atoms with Crippen LogP contribution in [0.15, 0.2) is 35.3 Å². The number of aliphatic carboxylic acids is 1. The zero-order chi connectivity index (χ0) is 11.7. The number of carbonyl (C=O) groups is 1. The van der Waals surface area contributed by atoms with E-state index in [0.29, 0.717) is 5.39 Å². The predicted molar refractivity (Wildman–Crippen MR) is 60.6 cm³/mol. The first-order chi connectivity index (χ1) is 7.59. The molecular formula is C12H11NO3. The van der Waals surface area contributed by atoms with Crippen molar-refractivity contribution in [3.8, 4) is 0 Å². The summed E-state index contributed by atoms with van der Waals surface area (Å²) in [6.45, 7) is 1.56. The fourth-order valence-electron chi connectivity index (χ4n) is 1.79. The molecule has 0 aliphatic rings. The van der Waals surface area contributed by atoms with E-state index in [1.54, 1.807) is 18.3 Å². The van der Waals surface area contributed by atoms with Crippen LogP contribution in [0, 0.1) is 6.92 Å². The van der Waals surface area contributed by atoms with Gasteiger partial charge in [0.25, 0.3) is 5.56 Å². The highest BCUT2D eigenvalue weighted by Crippen LogP contribution is 2.13. The van der Waals surface area contributed by atoms with Gasteiger partial charge in [-0.2, -0.15) is 0 Å². The molecule has 0 aliphatic heterocycles. The Balaban J connectivity index is 2.75. The second kappa shape index (κ2) is 3.81. The molecule has 2 aromatic rings. The number of rotatable bonds is 2. The van der Waals surface area contributed by atoms with Crippen molar-refractivity contribution < 1.29 is 9.90 Å². The van der Waals surface area contributed by atoms with E-state index in [-0.39, 0.29) is 12.1 Å². The van der Waals surface area contributed by atoms with Crippen LogP contribution >= 0.6 is 0 Å². The van der Waals surface area contributed by atoms with Gasteiger partial charge < -0.3 is 9.67 Å². The molecule has 16 heavy (non-hydrogen) atoms. The van der Waals surface area contributed by atoms with Gasteiger partial charge in [0.05, 0.1) is 0 Å². The summed E-state index contributed by atoms with van der Waals surface area (Å²) in [5, 5.41) is 10.1. The van der Waals surface area contributed by atoms with Crippen molar-refractivity contribution in [1.82, 2.24) is 4.57 Å². The molecule has 0 radical (unpaired) electrons. The van der Waals surface area contributed by atoms with Crippen molar-refractivity contribution in [2.24, 2.45) is 0 Å².